The average molecular weight is 352 g/mol. The van der Waals surface area contributed by atoms with Crippen LogP contribution in [-0.4, -0.2) is 49.0 Å². The summed E-state index contributed by atoms with van der Waals surface area (Å²) in [6, 6.07) is 14.4. The molecular formula is C21H28N4O. The lowest BCUT2D eigenvalue weighted by molar-refractivity contribution is -0.125. The van der Waals surface area contributed by atoms with E-state index in [0.29, 0.717) is 6.54 Å². The molecule has 1 saturated heterocycles. The van der Waals surface area contributed by atoms with Crippen LogP contribution in [0.15, 0.2) is 54.9 Å². The first-order chi connectivity index (χ1) is 12.7. The molecular weight excluding hydrogens is 324 g/mol. The topological polar surface area (TPSA) is 48.5 Å². The maximum atomic E-state index is 12.5. The van der Waals surface area contributed by atoms with E-state index in [-0.39, 0.29) is 11.8 Å². The lowest BCUT2D eigenvalue weighted by Gasteiger charge is -2.33. The van der Waals surface area contributed by atoms with E-state index in [9.17, 15) is 4.79 Å². The smallest absolute Gasteiger partial charge is 0.224 e. The summed E-state index contributed by atoms with van der Waals surface area (Å²) in [4.78, 5) is 21.1. The van der Waals surface area contributed by atoms with Crippen molar-refractivity contribution in [1.82, 2.24) is 15.2 Å². The van der Waals surface area contributed by atoms with Crippen LogP contribution in [0, 0.1) is 5.92 Å². The van der Waals surface area contributed by atoms with Gasteiger partial charge < -0.3 is 15.1 Å². The number of pyridine rings is 1. The number of benzene rings is 1. The number of aromatic nitrogens is 1. The van der Waals surface area contributed by atoms with Crippen LogP contribution in [0.2, 0.25) is 0 Å². The molecule has 1 aliphatic rings. The van der Waals surface area contributed by atoms with E-state index in [1.807, 2.05) is 30.6 Å². The minimum Gasteiger partial charge on any atom is -0.371 e. The first-order valence-electron chi connectivity index (χ1n) is 9.37. The second-order valence-electron chi connectivity index (χ2n) is 7.00. The van der Waals surface area contributed by atoms with E-state index < -0.39 is 0 Å². The largest absolute Gasteiger partial charge is 0.371 e. The molecule has 1 amide bonds. The van der Waals surface area contributed by atoms with Crippen molar-refractivity contribution in [2.75, 3.05) is 38.1 Å². The first kappa shape index (κ1) is 18.4. The number of carbonyl (C=O) groups is 1. The van der Waals surface area contributed by atoms with Crippen molar-refractivity contribution in [2.24, 2.45) is 5.92 Å². The highest BCUT2D eigenvalue weighted by atomic mass is 16.1. The monoisotopic (exact) mass is 352 g/mol. The third-order valence-electron chi connectivity index (χ3n) is 4.91. The number of rotatable bonds is 7. The van der Waals surface area contributed by atoms with E-state index in [0.717, 1.165) is 44.7 Å². The summed E-state index contributed by atoms with van der Waals surface area (Å²) in [5.74, 6) is 0.244. The number of carbonyl (C=O) groups excluding carboxylic acids is 1. The molecule has 0 aliphatic carbocycles. The summed E-state index contributed by atoms with van der Waals surface area (Å²) >= 11 is 0. The van der Waals surface area contributed by atoms with Gasteiger partial charge in [0.25, 0.3) is 0 Å². The Hall–Kier alpha value is -2.40. The Kier molecular flexibility index (Phi) is 6.61. The molecule has 0 bridgehead atoms. The molecule has 1 unspecified atom stereocenters. The predicted octanol–water partition coefficient (Wildman–Crippen LogP) is 2.55. The zero-order valence-corrected chi connectivity index (χ0v) is 15.5. The Morgan fingerprint density at radius 1 is 1.23 bits per heavy atom. The highest BCUT2D eigenvalue weighted by molar-refractivity contribution is 5.79. The zero-order chi connectivity index (χ0) is 18.2. The van der Waals surface area contributed by atoms with Crippen LogP contribution in [-0.2, 0) is 11.3 Å². The fourth-order valence-corrected chi connectivity index (χ4v) is 3.47. The van der Waals surface area contributed by atoms with Crippen molar-refractivity contribution in [3.8, 4) is 0 Å². The molecule has 1 N–H and O–H groups in total. The fraction of sp³-hybridized carbons (Fsp3) is 0.429. The Labute approximate surface area is 156 Å². The number of nitrogens with one attached hydrogen (secondary N) is 1. The summed E-state index contributed by atoms with van der Waals surface area (Å²) in [6.45, 7) is 4.23. The third-order valence-corrected chi connectivity index (χ3v) is 4.91. The molecule has 138 valence electrons. The van der Waals surface area contributed by atoms with Crippen molar-refractivity contribution >= 4 is 11.6 Å². The molecule has 1 fully saturated rings. The van der Waals surface area contributed by atoms with Crippen LogP contribution in [0.5, 0.6) is 0 Å². The number of hydrogen-bond acceptors (Lipinski definition) is 4. The van der Waals surface area contributed by atoms with Gasteiger partial charge in [0.1, 0.15) is 0 Å². The van der Waals surface area contributed by atoms with E-state index in [1.54, 1.807) is 0 Å². The lowest BCUT2D eigenvalue weighted by atomic mass is 9.96. The second-order valence-corrected chi connectivity index (χ2v) is 7.00. The Bertz CT molecular complexity index is 677. The molecule has 0 radical (unpaired) electrons. The van der Waals surface area contributed by atoms with Crippen LogP contribution in [0.4, 0.5) is 5.69 Å². The maximum Gasteiger partial charge on any atom is 0.224 e. The first-order valence-corrected chi connectivity index (χ1v) is 9.37. The summed E-state index contributed by atoms with van der Waals surface area (Å²) < 4.78 is 0. The number of hydrogen-bond donors (Lipinski definition) is 1. The molecule has 1 aromatic carbocycles. The summed E-state index contributed by atoms with van der Waals surface area (Å²) in [6.07, 6.45) is 5.63. The van der Waals surface area contributed by atoms with Gasteiger partial charge in [0.15, 0.2) is 0 Å². The highest BCUT2D eigenvalue weighted by Crippen LogP contribution is 2.22. The molecule has 0 spiro atoms. The molecule has 5 nitrogen and oxygen atoms in total. The van der Waals surface area contributed by atoms with Gasteiger partial charge >= 0.3 is 0 Å². The van der Waals surface area contributed by atoms with Crippen molar-refractivity contribution in [3.63, 3.8) is 0 Å². The van der Waals surface area contributed by atoms with Crippen molar-refractivity contribution in [2.45, 2.75) is 19.4 Å². The summed E-state index contributed by atoms with van der Waals surface area (Å²) in [7, 11) is 2.09. The van der Waals surface area contributed by atoms with Crippen LogP contribution < -0.4 is 10.2 Å². The van der Waals surface area contributed by atoms with Gasteiger partial charge in [-0.3, -0.25) is 9.78 Å². The predicted molar refractivity (Wildman–Crippen MR) is 105 cm³/mol. The quantitative estimate of drug-likeness (QED) is 0.832. The summed E-state index contributed by atoms with van der Waals surface area (Å²) in [5.41, 5.74) is 2.45. The van der Waals surface area contributed by atoms with Crippen LogP contribution >= 0.6 is 0 Å². The average Bonchev–Trinajstić information content (AvgIpc) is 2.69. The fourth-order valence-electron chi connectivity index (χ4n) is 3.47. The number of nitrogens with zero attached hydrogens (tertiary/aromatic N) is 3. The molecule has 2 heterocycles. The van der Waals surface area contributed by atoms with Crippen molar-refractivity contribution in [3.05, 3.63) is 60.4 Å². The van der Waals surface area contributed by atoms with Gasteiger partial charge in [-0.25, -0.2) is 0 Å². The molecule has 5 heteroatoms. The van der Waals surface area contributed by atoms with E-state index in [4.69, 9.17) is 0 Å². The van der Waals surface area contributed by atoms with Gasteiger partial charge in [-0.1, -0.05) is 30.3 Å². The third kappa shape index (κ3) is 5.30. The standard InChI is InChI=1S/C21H28N4O/c1-24(16-18-6-3-2-4-7-18)15-13-23-21(26)19-8-5-14-25(17-19)20-9-11-22-12-10-20/h2-4,6-7,9-12,19H,5,8,13-17H2,1H3,(H,23,26). The molecule has 2 aromatic rings. The summed E-state index contributed by atoms with van der Waals surface area (Å²) in [5, 5.41) is 3.12. The number of amides is 1. The minimum absolute atomic E-state index is 0.0661. The molecule has 1 aliphatic heterocycles. The molecule has 1 aromatic heterocycles. The van der Waals surface area contributed by atoms with Crippen LogP contribution in [0.3, 0.4) is 0 Å². The Balaban J connectivity index is 1.41. The van der Waals surface area contributed by atoms with Crippen LogP contribution in [0.25, 0.3) is 0 Å². The van der Waals surface area contributed by atoms with E-state index in [1.165, 1.54) is 5.56 Å². The molecule has 3 rings (SSSR count). The minimum atomic E-state index is 0.0661. The molecule has 1 atom stereocenters. The molecule has 0 saturated carbocycles. The van der Waals surface area contributed by atoms with E-state index in [2.05, 4.69) is 51.4 Å². The number of anilines is 1. The van der Waals surface area contributed by atoms with Gasteiger partial charge in [-0.05, 0) is 37.6 Å². The van der Waals surface area contributed by atoms with Gasteiger partial charge in [0.05, 0.1) is 5.92 Å². The van der Waals surface area contributed by atoms with Gasteiger partial charge in [-0.2, -0.15) is 0 Å². The van der Waals surface area contributed by atoms with Gasteiger partial charge in [0.2, 0.25) is 5.91 Å². The number of piperidine rings is 1. The second kappa shape index (κ2) is 9.34. The van der Waals surface area contributed by atoms with Gasteiger partial charge in [-0.15, -0.1) is 0 Å². The van der Waals surface area contributed by atoms with Crippen LogP contribution in [0.1, 0.15) is 18.4 Å². The zero-order valence-electron chi connectivity index (χ0n) is 15.5. The highest BCUT2D eigenvalue weighted by Gasteiger charge is 2.25. The normalized spacial score (nSPS) is 17.3. The van der Waals surface area contributed by atoms with Gasteiger partial charge in [0, 0.05) is 50.8 Å². The molecule has 26 heavy (non-hydrogen) atoms. The lowest BCUT2D eigenvalue weighted by Crippen LogP contribution is -2.44. The Morgan fingerprint density at radius 3 is 2.77 bits per heavy atom. The maximum absolute atomic E-state index is 12.5. The number of likely N-dealkylation sites (N-methyl/N-ethyl adjacent to an activating group) is 1. The van der Waals surface area contributed by atoms with Crippen molar-refractivity contribution < 1.29 is 4.79 Å². The SMILES string of the molecule is CN(CCNC(=O)C1CCCN(c2ccncc2)C1)Cc1ccccc1. The Morgan fingerprint density at radius 2 is 2.00 bits per heavy atom. The van der Waals surface area contributed by atoms with E-state index >= 15 is 0 Å². The van der Waals surface area contributed by atoms with Crippen molar-refractivity contribution in [1.29, 1.82) is 0 Å².